The first kappa shape index (κ1) is 15.4. The lowest BCUT2D eigenvalue weighted by molar-refractivity contribution is 0.0550. The van der Waals surface area contributed by atoms with Crippen molar-refractivity contribution in [2.75, 3.05) is 6.54 Å². The zero-order valence-corrected chi connectivity index (χ0v) is 13.7. The quantitative estimate of drug-likeness (QED) is 0.714. The average molecular weight is 339 g/mol. The van der Waals surface area contributed by atoms with Crippen LogP contribution in [-0.4, -0.2) is 47.2 Å². The molecule has 0 radical (unpaired) electrons. The van der Waals surface area contributed by atoms with Crippen molar-refractivity contribution >= 4 is 5.91 Å². The number of carbonyl (C=O) groups excluding carboxylic acids is 1. The van der Waals surface area contributed by atoms with Crippen LogP contribution in [-0.2, 0) is 7.05 Å². The highest BCUT2D eigenvalue weighted by Gasteiger charge is 2.33. The normalized spacial score (nSPS) is 17.6. The molecule has 0 aromatic carbocycles. The summed E-state index contributed by atoms with van der Waals surface area (Å²) in [4.78, 5) is 27.3. The number of rotatable bonds is 3. The van der Waals surface area contributed by atoms with E-state index in [1.165, 1.54) is 0 Å². The van der Waals surface area contributed by atoms with Crippen molar-refractivity contribution in [2.45, 2.75) is 25.3 Å². The van der Waals surface area contributed by atoms with Crippen molar-refractivity contribution < 1.29 is 9.32 Å². The molecule has 3 aromatic heterocycles. The van der Waals surface area contributed by atoms with Gasteiger partial charge in [-0.15, -0.1) is 0 Å². The zero-order chi connectivity index (χ0) is 17.2. The SMILES string of the molecule is Cn1nccc1C(=O)N1CCCC[C@@H]1c1nc(-c2cnccn2)no1. The highest BCUT2D eigenvalue weighted by atomic mass is 16.5. The molecule has 0 N–H and O–H groups in total. The summed E-state index contributed by atoms with van der Waals surface area (Å²) in [5.41, 5.74) is 1.08. The molecule has 4 rings (SSSR count). The Hall–Kier alpha value is -3.10. The lowest BCUT2D eigenvalue weighted by Gasteiger charge is -2.33. The lowest BCUT2D eigenvalue weighted by atomic mass is 10.0. The van der Waals surface area contributed by atoms with Crippen LogP contribution < -0.4 is 0 Å². The molecule has 0 bridgehead atoms. The standard InChI is InChI=1S/C16H17N7O2/c1-22-13(5-6-19-22)16(24)23-9-3-2-4-12(23)15-20-14(21-25-15)11-10-17-7-8-18-11/h5-8,10,12H,2-4,9H2,1H3/t12-/m1/s1. The summed E-state index contributed by atoms with van der Waals surface area (Å²) in [7, 11) is 1.76. The highest BCUT2D eigenvalue weighted by molar-refractivity contribution is 5.92. The minimum absolute atomic E-state index is 0.0797. The molecule has 1 amide bonds. The van der Waals surface area contributed by atoms with Crippen LogP contribution in [0.1, 0.15) is 41.7 Å². The van der Waals surface area contributed by atoms with Crippen LogP contribution in [0.15, 0.2) is 35.4 Å². The van der Waals surface area contributed by atoms with E-state index in [0.29, 0.717) is 29.6 Å². The number of likely N-dealkylation sites (tertiary alicyclic amines) is 1. The Kier molecular flexibility index (Phi) is 3.96. The monoisotopic (exact) mass is 339 g/mol. The first-order valence-electron chi connectivity index (χ1n) is 8.13. The van der Waals surface area contributed by atoms with Gasteiger partial charge in [0.15, 0.2) is 0 Å². The Morgan fingerprint density at radius 3 is 2.96 bits per heavy atom. The van der Waals surface area contributed by atoms with Crippen LogP contribution in [0.3, 0.4) is 0 Å². The number of carbonyl (C=O) groups is 1. The van der Waals surface area contributed by atoms with Gasteiger partial charge < -0.3 is 9.42 Å². The average Bonchev–Trinajstić information content (AvgIpc) is 3.31. The van der Waals surface area contributed by atoms with Crippen molar-refractivity contribution in [3.8, 4) is 11.5 Å². The minimum atomic E-state index is -0.242. The van der Waals surface area contributed by atoms with Crippen LogP contribution in [0.4, 0.5) is 0 Å². The maximum Gasteiger partial charge on any atom is 0.272 e. The number of hydrogen-bond donors (Lipinski definition) is 0. The first-order chi connectivity index (χ1) is 12.2. The second-order valence-electron chi connectivity index (χ2n) is 5.90. The third-order valence-corrected chi connectivity index (χ3v) is 4.32. The van der Waals surface area contributed by atoms with E-state index in [4.69, 9.17) is 4.52 Å². The fourth-order valence-corrected chi connectivity index (χ4v) is 3.05. The smallest absolute Gasteiger partial charge is 0.272 e. The third kappa shape index (κ3) is 2.88. The van der Waals surface area contributed by atoms with Gasteiger partial charge in [-0.2, -0.15) is 10.1 Å². The molecule has 25 heavy (non-hydrogen) atoms. The third-order valence-electron chi connectivity index (χ3n) is 4.32. The highest BCUT2D eigenvalue weighted by Crippen LogP contribution is 2.31. The Morgan fingerprint density at radius 2 is 2.20 bits per heavy atom. The molecule has 1 aliphatic rings. The topological polar surface area (TPSA) is 103 Å². The molecule has 1 saturated heterocycles. The first-order valence-corrected chi connectivity index (χ1v) is 8.13. The van der Waals surface area contributed by atoms with Gasteiger partial charge in [-0.1, -0.05) is 5.16 Å². The number of aromatic nitrogens is 6. The summed E-state index contributed by atoms with van der Waals surface area (Å²) in [5, 5.41) is 8.07. The molecule has 128 valence electrons. The van der Waals surface area contributed by atoms with Crippen LogP contribution >= 0.6 is 0 Å². The fraction of sp³-hybridized carbons (Fsp3) is 0.375. The van der Waals surface area contributed by atoms with E-state index in [-0.39, 0.29) is 11.9 Å². The lowest BCUT2D eigenvalue weighted by Crippen LogP contribution is -2.39. The number of nitrogens with zero attached hydrogens (tertiary/aromatic N) is 7. The van der Waals surface area contributed by atoms with Gasteiger partial charge in [0.25, 0.3) is 5.91 Å². The second-order valence-corrected chi connectivity index (χ2v) is 5.90. The molecule has 1 fully saturated rings. The molecule has 9 nitrogen and oxygen atoms in total. The van der Waals surface area contributed by atoms with E-state index in [2.05, 4.69) is 25.2 Å². The minimum Gasteiger partial charge on any atom is -0.337 e. The van der Waals surface area contributed by atoms with Crippen LogP contribution in [0.25, 0.3) is 11.5 Å². The Morgan fingerprint density at radius 1 is 1.28 bits per heavy atom. The molecule has 9 heteroatoms. The predicted molar refractivity (Wildman–Crippen MR) is 86.2 cm³/mol. The van der Waals surface area contributed by atoms with Crippen LogP contribution in [0.2, 0.25) is 0 Å². The summed E-state index contributed by atoms with van der Waals surface area (Å²) < 4.78 is 7.02. The van der Waals surface area contributed by atoms with Crippen LogP contribution in [0.5, 0.6) is 0 Å². The maximum absolute atomic E-state index is 12.9. The van der Waals surface area contributed by atoms with E-state index in [9.17, 15) is 4.79 Å². The summed E-state index contributed by atoms with van der Waals surface area (Å²) in [6.07, 6.45) is 9.09. The van der Waals surface area contributed by atoms with Gasteiger partial charge in [-0.25, -0.2) is 4.98 Å². The number of piperidine rings is 1. The fourth-order valence-electron chi connectivity index (χ4n) is 3.05. The van der Waals surface area contributed by atoms with Gasteiger partial charge in [0.05, 0.1) is 6.20 Å². The Labute approximate surface area is 143 Å². The summed E-state index contributed by atoms with van der Waals surface area (Å²) in [5.74, 6) is 0.724. The number of amides is 1. The molecule has 4 heterocycles. The predicted octanol–water partition coefficient (Wildman–Crippen LogP) is 1.63. The Balaban J connectivity index is 1.63. The van der Waals surface area contributed by atoms with Gasteiger partial charge in [0, 0.05) is 32.2 Å². The molecule has 3 aromatic rings. The van der Waals surface area contributed by atoms with Gasteiger partial charge in [-0.05, 0) is 25.3 Å². The van der Waals surface area contributed by atoms with E-state index in [1.807, 2.05) is 0 Å². The van der Waals surface area contributed by atoms with E-state index < -0.39 is 0 Å². The van der Waals surface area contributed by atoms with E-state index in [1.54, 1.807) is 47.5 Å². The molecule has 0 aliphatic carbocycles. The molecule has 1 aliphatic heterocycles. The summed E-state index contributed by atoms with van der Waals surface area (Å²) >= 11 is 0. The van der Waals surface area contributed by atoms with Gasteiger partial charge >= 0.3 is 0 Å². The molecule has 0 saturated carbocycles. The van der Waals surface area contributed by atoms with Crippen molar-refractivity contribution in [3.63, 3.8) is 0 Å². The van der Waals surface area contributed by atoms with Gasteiger partial charge in [-0.3, -0.25) is 14.5 Å². The van der Waals surface area contributed by atoms with Crippen molar-refractivity contribution in [1.82, 2.24) is 34.8 Å². The number of aryl methyl sites for hydroxylation is 1. The summed E-state index contributed by atoms with van der Waals surface area (Å²) in [6, 6.07) is 1.47. The molecule has 1 atom stereocenters. The molecule has 0 spiro atoms. The van der Waals surface area contributed by atoms with Gasteiger partial charge in [0.1, 0.15) is 17.4 Å². The molecular formula is C16H17N7O2. The Bertz CT molecular complexity index is 874. The zero-order valence-electron chi connectivity index (χ0n) is 13.7. The van der Waals surface area contributed by atoms with Crippen molar-refractivity contribution in [1.29, 1.82) is 0 Å². The molecular weight excluding hydrogens is 322 g/mol. The summed E-state index contributed by atoms with van der Waals surface area (Å²) in [6.45, 7) is 0.650. The van der Waals surface area contributed by atoms with Crippen LogP contribution in [0, 0.1) is 0 Å². The number of hydrogen-bond acceptors (Lipinski definition) is 7. The van der Waals surface area contributed by atoms with Crippen molar-refractivity contribution in [3.05, 3.63) is 42.4 Å². The van der Waals surface area contributed by atoms with Crippen molar-refractivity contribution in [2.24, 2.45) is 7.05 Å². The van der Waals surface area contributed by atoms with Gasteiger partial charge in [0.2, 0.25) is 11.7 Å². The molecule has 0 unspecified atom stereocenters. The largest absolute Gasteiger partial charge is 0.337 e. The van der Waals surface area contributed by atoms with E-state index in [0.717, 1.165) is 19.3 Å². The van der Waals surface area contributed by atoms with E-state index >= 15 is 0 Å². The second kappa shape index (κ2) is 6.42. The maximum atomic E-state index is 12.9.